The van der Waals surface area contributed by atoms with Gasteiger partial charge in [0.1, 0.15) is 17.5 Å². The number of rotatable bonds is 5. The van der Waals surface area contributed by atoms with Crippen LogP contribution in [0.15, 0.2) is 55.0 Å². The van der Waals surface area contributed by atoms with Crippen LogP contribution >= 0.6 is 11.6 Å². The zero-order chi connectivity index (χ0) is 27.0. The fourth-order valence-electron chi connectivity index (χ4n) is 4.42. The Morgan fingerprint density at radius 1 is 0.921 bits per heavy atom. The molecule has 4 heterocycles. The highest BCUT2D eigenvalue weighted by atomic mass is 35.5. The number of halogens is 5. The second kappa shape index (κ2) is 10.2. The smallest absolute Gasteiger partial charge is 0.353 e. The molecule has 0 amide bonds. The number of pyridine rings is 1. The molecule has 4 aromatic rings. The number of anilines is 2. The molecule has 198 valence electrons. The van der Waals surface area contributed by atoms with Gasteiger partial charge in [0.25, 0.3) is 0 Å². The fourth-order valence-corrected chi connectivity index (χ4v) is 4.60. The van der Waals surface area contributed by atoms with Crippen LogP contribution in [0.2, 0.25) is 5.02 Å². The quantitative estimate of drug-likeness (QED) is 0.282. The molecule has 7 nitrogen and oxygen atoms in total. The van der Waals surface area contributed by atoms with Crippen LogP contribution in [-0.2, 0) is 6.18 Å². The molecule has 5 rings (SSSR count). The van der Waals surface area contributed by atoms with Gasteiger partial charge < -0.3 is 14.4 Å². The Labute approximate surface area is 221 Å². The van der Waals surface area contributed by atoms with Crippen LogP contribution in [0.5, 0.6) is 0 Å². The van der Waals surface area contributed by atoms with Gasteiger partial charge in [-0.1, -0.05) is 11.6 Å². The van der Waals surface area contributed by atoms with E-state index in [1.165, 1.54) is 24.4 Å². The molecule has 0 spiro atoms. The summed E-state index contributed by atoms with van der Waals surface area (Å²) in [5.74, 6) is 0.912. The van der Waals surface area contributed by atoms with Crippen LogP contribution in [0.1, 0.15) is 25.5 Å². The van der Waals surface area contributed by atoms with E-state index in [2.05, 4.69) is 9.97 Å². The van der Waals surface area contributed by atoms with E-state index in [-0.39, 0.29) is 16.9 Å². The summed E-state index contributed by atoms with van der Waals surface area (Å²) in [5.41, 5.74) is 0.372. The first-order valence-corrected chi connectivity index (χ1v) is 12.4. The Bertz CT molecular complexity index is 1450. The van der Waals surface area contributed by atoms with E-state index in [1.807, 2.05) is 29.5 Å². The van der Waals surface area contributed by atoms with Crippen molar-refractivity contribution in [1.29, 1.82) is 0 Å². The van der Waals surface area contributed by atoms with Gasteiger partial charge in [0.2, 0.25) is 0 Å². The topological polar surface area (TPSA) is 63.0 Å². The molecule has 1 fully saturated rings. The summed E-state index contributed by atoms with van der Waals surface area (Å²) >= 11 is 6.04. The molecule has 1 aromatic carbocycles. The average Bonchev–Trinajstić information content (AvgIpc) is 3.40. The van der Waals surface area contributed by atoms with Crippen LogP contribution < -0.4 is 9.80 Å². The van der Waals surface area contributed by atoms with Gasteiger partial charge in [0.15, 0.2) is 11.6 Å². The molecule has 1 aliphatic rings. The van der Waals surface area contributed by atoms with Gasteiger partial charge in [0.05, 0.1) is 16.3 Å². The molecule has 1 saturated heterocycles. The predicted molar refractivity (Wildman–Crippen MR) is 138 cm³/mol. The fraction of sp³-hybridized carbons (Fsp3) is 0.308. The van der Waals surface area contributed by atoms with Crippen LogP contribution in [-0.4, -0.2) is 50.7 Å². The molecule has 3 aromatic heterocycles. The lowest BCUT2D eigenvalue weighted by Crippen LogP contribution is -2.47. The van der Waals surface area contributed by atoms with Gasteiger partial charge in [-0.15, -0.1) is 0 Å². The van der Waals surface area contributed by atoms with Crippen LogP contribution in [0.4, 0.5) is 29.2 Å². The lowest BCUT2D eigenvalue weighted by atomic mass is 10.1. The summed E-state index contributed by atoms with van der Waals surface area (Å²) in [6.45, 7) is 5.48. The molecule has 38 heavy (non-hydrogen) atoms. The first-order valence-electron chi connectivity index (χ1n) is 12.0. The van der Waals surface area contributed by atoms with Crippen LogP contribution in [0.3, 0.4) is 0 Å². The van der Waals surface area contributed by atoms with Gasteiger partial charge in [-0.25, -0.2) is 24.3 Å². The Balaban J connectivity index is 1.49. The van der Waals surface area contributed by atoms with E-state index < -0.39 is 17.6 Å². The van der Waals surface area contributed by atoms with Crippen molar-refractivity contribution in [2.45, 2.75) is 26.1 Å². The van der Waals surface area contributed by atoms with Gasteiger partial charge in [0, 0.05) is 62.4 Å². The van der Waals surface area contributed by atoms with Gasteiger partial charge in [-0.3, -0.25) is 0 Å². The van der Waals surface area contributed by atoms with Crippen LogP contribution in [0.25, 0.3) is 22.9 Å². The number of benzene rings is 1. The molecular weight excluding hydrogens is 522 g/mol. The number of hydrogen-bond acceptors (Lipinski definition) is 6. The SMILES string of the molecule is CC(C)n1ccnc1-c1nc(-c2ccc(F)c(Cl)c2)cc(N2CCN(c3ncccc3C(F)(F)F)CC2)n1. The first-order chi connectivity index (χ1) is 18.1. The van der Waals surface area contributed by atoms with Crippen molar-refractivity contribution < 1.29 is 17.6 Å². The van der Waals surface area contributed by atoms with Crippen LogP contribution in [0, 0.1) is 5.82 Å². The van der Waals surface area contributed by atoms with E-state index in [1.54, 1.807) is 23.2 Å². The number of imidazole rings is 1. The molecule has 0 saturated carbocycles. The summed E-state index contributed by atoms with van der Waals surface area (Å²) in [6.07, 6.45) is 0.383. The minimum Gasteiger partial charge on any atom is -0.353 e. The Hall–Kier alpha value is -3.73. The molecule has 0 N–H and O–H groups in total. The molecular formula is C26H24ClF4N7. The van der Waals surface area contributed by atoms with Gasteiger partial charge in [-0.2, -0.15) is 13.2 Å². The maximum Gasteiger partial charge on any atom is 0.419 e. The minimum atomic E-state index is -4.49. The van der Waals surface area contributed by atoms with Crippen molar-refractivity contribution in [3.63, 3.8) is 0 Å². The lowest BCUT2D eigenvalue weighted by molar-refractivity contribution is -0.137. The van der Waals surface area contributed by atoms with Crippen molar-refractivity contribution >= 4 is 23.2 Å². The predicted octanol–water partition coefficient (Wildman–Crippen LogP) is 6.12. The highest BCUT2D eigenvalue weighted by Crippen LogP contribution is 2.36. The Morgan fingerprint density at radius 2 is 1.66 bits per heavy atom. The highest BCUT2D eigenvalue weighted by Gasteiger charge is 2.36. The summed E-state index contributed by atoms with van der Waals surface area (Å²) in [6, 6.07) is 8.57. The molecule has 12 heteroatoms. The van der Waals surface area contributed by atoms with Gasteiger partial charge in [-0.05, 0) is 44.2 Å². The largest absolute Gasteiger partial charge is 0.419 e. The van der Waals surface area contributed by atoms with Crippen molar-refractivity contribution in [2.24, 2.45) is 0 Å². The standard InChI is InChI=1S/C26H24ClF4N7/c1-16(2)38-9-8-33-25(38)23-34-21(17-5-6-20(28)19(27)14-17)15-22(35-23)36-10-12-37(13-11-36)24-18(26(29,30)31)4-3-7-32-24/h3-9,14-16H,10-13H2,1-2H3. The third-order valence-corrected chi connectivity index (χ3v) is 6.64. The number of alkyl halides is 3. The second-order valence-corrected chi connectivity index (χ2v) is 9.57. The zero-order valence-electron chi connectivity index (χ0n) is 20.6. The number of piperazine rings is 1. The Kier molecular flexibility index (Phi) is 6.95. The van der Waals surface area contributed by atoms with Crippen molar-refractivity contribution in [1.82, 2.24) is 24.5 Å². The van der Waals surface area contributed by atoms with E-state index in [0.717, 1.165) is 6.07 Å². The molecule has 0 bridgehead atoms. The Morgan fingerprint density at radius 3 is 2.34 bits per heavy atom. The number of hydrogen-bond donors (Lipinski definition) is 0. The minimum absolute atomic E-state index is 0.0302. The molecule has 0 aliphatic carbocycles. The molecule has 0 unspecified atom stereocenters. The normalized spacial score (nSPS) is 14.4. The maximum absolute atomic E-state index is 13.8. The molecule has 1 aliphatic heterocycles. The average molecular weight is 546 g/mol. The third-order valence-electron chi connectivity index (χ3n) is 6.35. The monoisotopic (exact) mass is 545 g/mol. The van der Waals surface area contributed by atoms with Crippen molar-refractivity contribution in [2.75, 3.05) is 36.0 Å². The maximum atomic E-state index is 13.8. The molecule has 0 radical (unpaired) electrons. The van der Waals surface area contributed by atoms with E-state index in [4.69, 9.17) is 21.6 Å². The van der Waals surface area contributed by atoms with E-state index in [0.29, 0.717) is 54.9 Å². The number of nitrogens with zero attached hydrogens (tertiary/aromatic N) is 7. The molecule has 0 atom stereocenters. The zero-order valence-corrected chi connectivity index (χ0v) is 21.4. The number of aromatic nitrogens is 5. The lowest BCUT2D eigenvalue weighted by Gasteiger charge is -2.37. The van der Waals surface area contributed by atoms with Gasteiger partial charge >= 0.3 is 6.18 Å². The van der Waals surface area contributed by atoms with E-state index >= 15 is 0 Å². The highest BCUT2D eigenvalue weighted by molar-refractivity contribution is 6.31. The summed E-state index contributed by atoms with van der Waals surface area (Å²) in [7, 11) is 0. The summed E-state index contributed by atoms with van der Waals surface area (Å²) in [4.78, 5) is 21.6. The second-order valence-electron chi connectivity index (χ2n) is 9.16. The first kappa shape index (κ1) is 25.9. The summed E-state index contributed by atoms with van der Waals surface area (Å²) < 4.78 is 56.4. The van der Waals surface area contributed by atoms with Crippen molar-refractivity contribution in [3.05, 3.63) is 71.4 Å². The summed E-state index contributed by atoms with van der Waals surface area (Å²) in [5, 5.41) is -0.0302. The van der Waals surface area contributed by atoms with Crippen molar-refractivity contribution in [3.8, 4) is 22.9 Å². The third kappa shape index (κ3) is 5.15. The van der Waals surface area contributed by atoms with E-state index in [9.17, 15) is 17.6 Å².